The second-order valence-electron chi connectivity index (χ2n) is 5.30. The van der Waals surface area contributed by atoms with Gasteiger partial charge in [-0.1, -0.05) is 30.2 Å². The summed E-state index contributed by atoms with van der Waals surface area (Å²) < 4.78 is 0. The van der Waals surface area contributed by atoms with E-state index in [0.29, 0.717) is 0 Å². The molecule has 1 atom stereocenters. The van der Waals surface area contributed by atoms with Crippen LogP contribution in [0.4, 0.5) is 0 Å². The van der Waals surface area contributed by atoms with E-state index in [1.165, 1.54) is 37.8 Å². The number of nitrogens with one attached hydrogen (secondary N) is 1. The van der Waals surface area contributed by atoms with Crippen molar-refractivity contribution in [3.8, 4) is 0 Å². The zero-order chi connectivity index (χ0) is 12.8. The average molecular weight is 267 g/mol. The van der Waals surface area contributed by atoms with E-state index >= 15 is 0 Å². The predicted octanol–water partition coefficient (Wildman–Crippen LogP) is 3.30. The minimum atomic E-state index is 0.728. The van der Waals surface area contributed by atoms with Crippen molar-refractivity contribution in [2.24, 2.45) is 0 Å². The molecule has 1 heterocycles. The Morgan fingerprint density at radius 1 is 1.28 bits per heavy atom. The van der Waals surface area contributed by atoms with Gasteiger partial charge in [0.1, 0.15) is 0 Å². The number of rotatable bonds is 5. The maximum Gasteiger partial charge on any atom is 0.0406 e. The Morgan fingerprint density at radius 3 is 2.72 bits per heavy atom. The zero-order valence-corrected chi connectivity index (χ0v) is 11.9. The fraction of sp³-hybridized carbons (Fsp3) is 0.600. The van der Waals surface area contributed by atoms with E-state index < -0.39 is 0 Å². The summed E-state index contributed by atoms with van der Waals surface area (Å²) in [6, 6.07) is 8.88. The van der Waals surface area contributed by atoms with E-state index in [1.54, 1.807) is 0 Å². The topological polar surface area (TPSA) is 15.3 Å². The van der Waals surface area contributed by atoms with Gasteiger partial charge in [0.15, 0.2) is 0 Å². The van der Waals surface area contributed by atoms with Gasteiger partial charge in [0.2, 0.25) is 0 Å². The van der Waals surface area contributed by atoms with Gasteiger partial charge in [-0.2, -0.15) is 0 Å². The molecule has 1 aromatic rings. The molecule has 2 rings (SSSR count). The van der Waals surface area contributed by atoms with Crippen LogP contribution in [0.15, 0.2) is 24.3 Å². The summed E-state index contributed by atoms with van der Waals surface area (Å²) in [6.07, 6.45) is 5.33. The third-order valence-electron chi connectivity index (χ3n) is 3.64. The molecule has 1 fully saturated rings. The first-order valence-electron chi connectivity index (χ1n) is 6.90. The third kappa shape index (κ3) is 4.60. The van der Waals surface area contributed by atoms with E-state index in [1.807, 2.05) is 12.1 Å². The first-order valence-corrected chi connectivity index (χ1v) is 7.28. The van der Waals surface area contributed by atoms with Crippen LogP contribution in [0, 0.1) is 0 Å². The van der Waals surface area contributed by atoms with Crippen molar-refractivity contribution in [3.05, 3.63) is 34.9 Å². The van der Waals surface area contributed by atoms with E-state index in [2.05, 4.69) is 29.4 Å². The molecule has 1 saturated heterocycles. The molecule has 1 unspecified atom stereocenters. The fourth-order valence-corrected chi connectivity index (χ4v) is 2.65. The summed E-state index contributed by atoms with van der Waals surface area (Å²) in [5, 5.41) is 4.41. The number of nitrogens with zero attached hydrogens (tertiary/aromatic N) is 1. The van der Waals surface area contributed by atoms with Crippen LogP contribution in [0.1, 0.15) is 31.2 Å². The lowest BCUT2D eigenvalue weighted by Crippen LogP contribution is -2.36. The van der Waals surface area contributed by atoms with Crippen LogP contribution in [0.3, 0.4) is 0 Å². The monoisotopic (exact) mass is 266 g/mol. The predicted molar refractivity (Wildman–Crippen MR) is 78.0 cm³/mol. The second-order valence-corrected chi connectivity index (χ2v) is 5.74. The Kier molecular flexibility index (Phi) is 5.48. The van der Waals surface area contributed by atoms with Crippen LogP contribution in [-0.4, -0.2) is 31.1 Å². The van der Waals surface area contributed by atoms with Gasteiger partial charge < -0.3 is 10.2 Å². The van der Waals surface area contributed by atoms with Crippen LogP contribution >= 0.6 is 11.6 Å². The molecular weight excluding hydrogens is 244 g/mol. The van der Waals surface area contributed by atoms with Crippen molar-refractivity contribution in [1.82, 2.24) is 10.2 Å². The Labute approximate surface area is 115 Å². The Balaban J connectivity index is 1.71. The summed E-state index contributed by atoms with van der Waals surface area (Å²) in [4.78, 5) is 2.39. The SMILES string of the molecule is CN(CCC1CCCCN1)Cc1ccc(Cl)cc1. The Hall–Kier alpha value is -0.570. The quantitative estimate of drug-likeness (QED) is 0.880. The van der Waals surface area contributed by atoms with Gasteiger partial charge in [0, 0.05) is 17.6 Å². The molecule has 0 saturated carbocycles. The summed E-state index contributed by atoms with van der Waals surface area (Å²) in [6.45, 7) is 3.36. The number of hydrogen-bond acceptors (Lipinski definition) is 2. The van der Waals surface area contributed by atoms with E-state index in [4.69, 9.17) is 11.6 Å². The zero-order valence-electron chi connectivity index (χ0n) is 11.2. The number of piperidine rings is 1. The first kappa shape index (κ1) is 13.9. The lowest BCUT2D eigenvalue weighted by atomic mass is 10.0. The molecule has 18 heavy (non-hydrogen) atoms. The molecule has 0 spiro atoms. The van der Waals surface area contributed by atoms with Gasteiger partial charge in [0.05, 0.1) is 0 Å². The molecular formula is C15H23ClN2. The molecule has 3 heteroatoms. The van der Waals surface area contributed by atoms with Crippen molar-refractivity contribution in [2.45, 2.75) is 38.3 Å². The highest BCUT2D eigenvalue weighted by atomic mass is 35.5. The van der Waals surface area contributed by atoms with Gasteiger partial charge in [-0.3, -0.25) is 0 Å². The number of hydrogen-bond donors (Lipinski definition) is 1. The molecule has 0 radical (unpaired) electrons. The molecule has 1 aliphatic heterocycles. The number of benzene rings is 1. The van der Waals surface area contributed by atoms with Gasteiger partial charge in [0.25, 0.3) is 0 Å². The highest BCUT2D eigenvalue weighted by molar-refractivity contribution is 6.30. The van der Waals surface area contributed by atoms with E-state index in [0.717, 1.165) is 24.2 Å². The largest absolute Gasteiger partial charge is 0.314 e. The molecule has 0 amide bonds. The van der Waals surface area contributed by atoms with Crippen molar-refractivity contribution >= 4 is 11.6 Å². The lowest BCUT2D eigenvalue weighted by molar-refractivity contribution is 0.282. The van der Waals surface area contributed by atoms with E-state index in [9.17, 15) is 0 Å². The van der Waals surface area contributed by atoms with Crippen LogP contribution in [0.25, 0.3) is 0 Å². The van der Waals surface area contributed by atoms with Crippen LogP contribution in [0.2, 0.25) is 5.02 Å². The van der Waals surface area contributed by atoms with Gasteiger partial charge in [-0.25, -0.2) is 0 Å². The second kappa shape index (κ2) is 7.13. The van der Waals surface area contributed by atoms with Crippen molar-refractivity contribution in [3.63, 3.8) is 0 Å². The first-order chi connectivity index (χ1) is 8.74. The fourth-order valence-electron chi connectivity index (χ4n) is 2.53. The Bertz CT molecular complexity index is 344. The van der Waals surface area contributed by atoms with Gasteiger partial charge >= 0.3 is 0 Å². The summed E-state index contributed by atoms with van der Waals surface area (Å²) >= 11 is 5.89. The molecule has 0 aliphatic carbocycles. The van der Waals surface area contributed by atoms with Crippen molar-refractivity contribution in [1.29, 1.82) is 0 Å². The summed E-state index contributed by atoms with van der Waals surface area (Å²) in [5.41, 5.74) is 1.33. The number of halogens is 1. The minimum absolute atomic E-state index is 0.728. The maximum atomic E-state index is 5.89. The summed E-state index contributed by atoms with van der Waals surface area (Å²) in [5.74, 6) is 0. The van der Waals surface area contributed by atoms with E-state index in [-0.39, 0.29) is 0 Å². The van der Waals surface area contributed by atoms with Gasteiger partial charge in [-0.15, -0.1) is 0 Å². The molecule has 2 nitrogen and oxygen atoms in total. The highest BCUT2D eigenvalue weighted by Gasteiger charge is 2.12. The Morgan fingerprint density at radius 2 is 2.06 bits per heavy atom. The third-order valence-corrected chi connectivity index (χ3v) is 3.89. The smallest absolute Gasteiger partial charge is 0.0406 e. The highest BCUT2D eigenvalue weighted by Crippen LogP contribution is 2.13. The van der Waals surface area contributed by atoms with Crippen LogP contribution in [-0.2, 0) is 6.54 Å². The molecule has 100 valence electrons. The van der Waals surface area contributed by atoms with Crippen molar-refractivity contribution < 1.29 is 0 Å². The lowest BCUT2D eigenvalue weighted by Gasteiger charge is -2.26. The molecule has 1 N–H and O–H groups in total. The van der Waals surface area contributed by atoms with Crippen molar-refractivity contribution in [2.75, 3.05) is 20.1 Å². The molecule has 1 aromatic carbocycles. The summed E-state index contributed by atoms with van der Waals surface area (Å²) in [7, 11) is 2.19. The molecule has 0 aromatic heterocycles. The van der Waals surface area contributed by atoms with Crippen LogP contribution in [0.5, 0.6) is 0 Å². The average Bonchev–Trinajstić information content (AvgIpc) is 2.40. The molecule has 0 bridgehead atoms. The van der Waals surface area contributed by atoms with Gasteiger partial charge in [-0.05, 0) is 57.1 Å². The van der Waals surface area contributed by atoms with Crippen LogP contribution < -0.4 is 5.32 Å². The maximum absolute atomic E-state index is 5.89. The minimum Gasteiger partial charge on any atom is -0.314 e. The normalized spacial score (nSPS) is 20.3. The standard InChI is InChI=1S/C15H23ClN2/c1-18(11-9-15-4-2-3-10-17-15)12-13-5-7-14(16)8-6-13/h5-8,15,17H,2-4,9-12H2,1H3. The molecule has 1 aliphatic rings.